The lowest BCUT2D eigenvalue weighted by Gasteiger charge is -2.28. The Balaban J connectivity index is 1.56. The third-order valence-electron chi connectivity index (χ3n) is 6.09. The van der Waals surface area contributed by atoms with Crippen molar-refractivity contribution in [2.75, 3.05) is 18.9 Å². The minimum Gasteiger partial charge on any atom is -0.476 e. The molecule has 41 heavy (non-hydrogen) atoms. The first-order valence-corrected chi connectivity index (χ1v) is 15.6. The molecular formula is C25H34FN6O7PS. The molecule has 16 heteroatoms. The molecule has 0 spiro atoms. The molecule has 224 valence electrons. The molecular weight excluding hydrogens is 578 g/mol. The molecule has 0 aliphatic carbocycles. The molecule has 1 saturated heterocycles. The van der Waals surface area contributed by atoms with Gasteiger partial charge in [0.15, 0.2) is 23.1 Å². The van der Waals surface area contributed by atoms with E-state index in [-0.39, 0.29) is 35.7 Å². The van der Waals surface area contributed by atoms with E-state index in [4.69, 9.17) is 40.8 Å². The lowest BCUT2D eigenvalue weighted by molar-refractivity contribution is -0.149. The fraction of sp³-hybridized carbons (Fsp3) is 0.520. The average Bonchev–Trinajstić information content (AvgIpc) is 3.41. The minimum absolute atomic E-state index is 0.100. The van der Waals surface area contributed by atoms with Gasteiger partial charge in [-0.25, -0.2) is 14.5 Å². The fourth-order valence-electron chi connectivity index (χ4n) is 4.17. The standard InChI is InChI=1S/C25H34FN6O7PS/c1-6-35-21-18-20(29-24(27)30-21)32(13-28-18)23-25(5,26)19(33)17(38-23)12-36-40(41,39-16-10-8-7-9-11-16)31-15(4)22(34)37-14(2)3/h7-11,13-15,17,19,23,33H,6,12H2,1-5H3,(H,31,41)(H2,27,29,30)/t15?,17-,19-,23?,25-,40?/m1/s1. The number of carbonyl (C=O) groups is 1. The van der Waals surface area contributed by atoms with Gasteiger partial charge in [0.2, 0.25) is 11.8 Å². The molecule has 1 aromatic carbocycles. The number of hydrogen-bond acceptors (Lipinski definition) is 12. The van der Waals surface area contributed by atoms with Gasteiger partial charge in [0.05, 0.1) is 25.6 Å². The number of imidazole rings is 1. The van der Waals surface area contributed by atoms with Crippen molar-refractivity contribution in [1.82, 2.24) is 24.6 Å². The summed E-state index contributed by atoms with van der Waals surface area (Å²) in [5.74, 6) is -0.122. The number of nitrogen functional groups attached to an aromatic ring is 1. The van der Waals surface area contributed by atoms with E-state index in [2.05, 4.69) is 20.0 Å². The van der Waals surface area contributed by atoms with Crippen LogP contribution in [0.1, 0.15) is 40.8 Å². The first kappa shape index (κ1) is 31.0. The summed E-state index contributed by atoms with van der Waals surface area (Å²) < 4.78 is 46.0. The highest BCUT2D eigenvalue weighted by atomic mass is 32.5. The first-order valence-electron chi connectivity index (χ1n) is 13.0. The lowest BCUT2D eigenvalue weighted by atomic mass is 9.98. The van der Waals surface area contributed by atoms with Gasteiger partial charge in [-0.05, 0) is 58.6 Å². The highest BCUT2D eigenvalue weighted by molar-refractivity contribution is 8.09. The summed E-state index contributed by atoms with van der Waals surface area (Å²) in [5, 5.41) is 13.9. The number of para-hydroxylation sites is 1. The highest BCUT2D eigenvalue weighted by Crippen LogP contribution is 2.48. The molecule has 0 bridgehead atoms. The zero-order valence-corrected chi connectivity index (χ0v) is 25.0. The Morgan fingerprint density at radius 1 is 1.32 bits per heavy atom. The molecule has 1 aliphatic rings. The second kappa shape index (κ2) is 12.5. The molecule has 0 saturated carbocycles. The van der Waals surface area contributed by atoms with Crippen molar-refractivity contribution in [3.63, 3.8) is 0 Å². The molecule has 4 N–H and O–H groups in total. The maximum Gasteiger partial charge on any atom is 0.323 e. The third kappa shape index (κ3) is 6.93. The predicted molar refractivity (Wildman–Crippen MR) is 151 cm³/mol. The zero-order chi connectivity index (χ0) is 29.9. The van der Waals surface area contributed by atoms with Gasteiger partial charge in [-0.3, -0.25) is 9.36 Å². The van der Waals surface area contributed by atoms with Crippen molar-refractivity contribution in [2.24, 2.45) is 0 Å². The third-order valence-corrected chi connectivity index (χ3v) is 8.59. The number of esters is 1. The first-order chi connectivity index (χ1) is 19.3. The normalized spacial score (nSPS) is 24.7. The number of aromatic nitrogens is 4. The molecule has 13 nitrogen and oxygen atoms in total. The number of ether oxygens (including phenoxy) is 3. The summed E-state index contributed by atoms with van der Waals surface area (Å²) in [6, 6.07) is 7.75. The van der Waals surface area contributed by atoms with Crippen LogP contribution in [0.4, 0.5) is 10.3 Å². The maximum atomic E-state index is 16.1. The number of anilines is 1. The topological polar surface area (TPSA) is 165 Å². The molecule has 4 rings (SSSR count). The van der Waals surface area contributed by atoms with Crippen LogP contribution in [-0.4, -0.2) is 73.8 Å². The number of benzene rings is 1. The molecule has 3 aromatic rings. The number of nitrogens with zero attached hydrogens (tertiary/aromatic N) is 4. The van der Waals surface area contributed by atoms with E-state index in [1.165, 1.54) is 17.8 Å². The van der Waals surface area contributed by atoms with E-state index in [0.29, 0.717) is 12.4 Å². The van der Waals surface area contributed by atoms with Crippen LogP contribution < -0.4 is 20.1 Å². The quantitative estimate of drug-likeness (QED) is 0.202. The van der Waals surface area contributed by atoms with Crippen molar-refractivity contribution in [1.29, 1.82) is 0 Å². The Hall–Kier alpha value is -2.94. The summed E-state index contributed by atoms with van der Waals surface area (Å²) in [5.41, 5.74) is 3.96. The lowest BCUT2D eigenvalue weighted by Crippen LogP contribution is -2.41. The van der Waals surface area contributed by atoms with Crippen LogP contribution in [0.15, 0.2) is 36.7 Å². The average molecular weight is 613 g/mol. The summed E-state index contributed by atoms with van der Waals surface area (Å²) in [6.45, 7) is 4.45. The molecule has 1 fully saturated rings. The van der Waals surface area contributed by atoms with Crippen molar-refractivity contribution in [2.45, 2.75) is 70.9 Å². The van der Waals surface area contributed by atoms with Gasteiger partial charge in [0.1, 0.15) is 24.0 Å². The van der Waals surface area contributed by atoms with Gasteiger partial charge in [-0.15, -0.1) is 0 Å². The second-order valence-corrected chi connectivity index (χ2v) is 12.9. The zero-order valence-electron chi connectivity index (χ0n) is 23.3. The molecule has 2 aromatic heterocycles. The van der Waals surface area contributed by atoms with Crippen LogP contribution in [0.25, 0.3) is 11.2 Å². The second-order valence-electron chi connectivity index (χ2n) is 9.80. The van der Waals surface area contributed by atoms with Crippen molar-refractivity contribution < 1.29 is 37.5 Å². The fourth-order valence-corrected chi connectivity index (χ4v) is 6.59. The molecule has 1 aliphatic heterocycles. The van der Waals surface area contributed by atoms with Gasteiger partial charge in [-0.2, -0.15) is 9.97 Å². The minimum atomic E-state index is -3.46. The van der Waals surface area contributed by atoms with E-state index < -0.39 is 42.8 Å². The number of aliphatic hydroxyl groups is 1. The Bertz CT molecular complexity index is 1410. The van der Waals surface area contributed by atoms with Crippen LogP contribution in [0.5, 0.6) is 11.6 Å². The number of alkyl halides is 1. The number of nitrogens with two attached hydrogens (primary N) is 1. The van der Waals surface area contributed by atoms with E-state index in [9.17, 15) is 9.90 Å². The number of hydrogen-bond donors (Lipinski definition) is 3. The van der Waals surface area contributed by atoms with E-state index >= 15 is 4.39 Å². The number of halogens is 1. The molecule has 6 atom stereocenters. The van der Waals surface area contributed by atoms with Crippen molar-refractivity contribution >= 4 is 41.5 Å². The predicted octanol–water partition coefficient (Wildman–Crippen LogP) is 3.04. The SMILES string of the molecule is CCOc1nc(N)nc2c1ncn2C1O[C@H](COP(=S)(NC(C)C(=O)OC(C)C)Oc2ccccc2)[C@@H](O)[C@@]1(C)F. The summed E-state index contributed by atoms with van der Waals surface area (Å²) in [6.07, 6.45) is -3.21. The van der Waals surface area contributed by atoms with E-state index in [1.54, 1.807) is 58.0 Å². The Labute approximate surface area is 241 Å². The van der Waals surface area contributed by atoms with Crippen LogP contribution >= 0.6 is 6.64 Å². The van der Waals surface area contributed by atoms with Crippen LogP contribution in [0.2, 0.25) is 0 Å². The largest absolute Gasteiger partial charge is 0.476 e. The molecule has 3 unspecified atom stereocenters. The number of carbonyl (C=O) groups excluding carboxylic acids is 1. The van der Waals surface area contributed by atoms with Crippen LogP contribution in [0.3, 0.4) is 0 Å². The summed E-state index contributed by atoms with van der Waals surface area (Å²) in [4.78, 5) is 25.0. The molecule has 3 heterocycles. The number of aliphatic hydroxyl groups excluding tert-OH is 1. The van der Waals surface area contributed by atoms with Gasteiger partial charge in [0, 0.05) is 0 Å². The van der Waals surface area contributed by atoms with Gasteiger partial charge in [0.25, 0.3) is 0 Å². The van der Waals surface area contributed by atoms with Crippen LogP contribution in [-0.2, 0) is 30.6 Å². The molecule has 0 radical (unpaired) electrons. The van der Waals surface area contributed by atoms with Gasteiger partial charge >= 0.3 is 12.6 Å². The Kier molecular flexibility index (Phi) is 9.46. The molecule has 0 amide bonds. The summed E-state index contributed by atoms with van der Waals surface area (Å²) >= 11 is 5.71. The Morgan fingerprint density at radius 3 is 2.68 bits per heavy atom. The highest BCUT2D eigenvalue weighted by Gasteiger charge is 2.56. The summed E-state index contributed by atoms with van der Waals surface area (Å²) in [7, 11) is 0. The Morgan fingerprint density at radius 2 is 2.02 bits per heavy atom. The van der Waals surface area contributed by atoms with Crippen molar-refractivity contribution in [3.8, 4) is 11.6 Å². The van der Waals surface area contributed by atoms with Gasteiger partial charge < -0.3 is 34.1 Å². The van der Waals surface area contributed by atoms with E-state index in [1.807, 2.05) is 0 Å². The maximum absolute atomic E-state index is 16.1. The van der Waals surface area contributed by atoms with Gasteiger partial charge in [-0.1, -0.05) is 18.2 Å². The number of rotatable bonds is 12. The monoisotopic (exact) mass is 612 g/mol. The van der Waals surface area contributed by atoms with Crippen molar-refractivity contribution in [3.05, 3.63) is 36.7 Å². The number of fused-ring (bicyclic) bond motifs is 1. The number of nitrogens with one attached hydrogen (secondary N) is 1. The smallest absolute Gasteiger partial charge is 0.323 e. The van der Waals surface area contributed by atoms with E-state index in [0.717, 1.165) is 0 Å². The van der Waals surface area contributed by atoms with Crippen LogP contribution in [0, 0.1) is 0 Å².